The Hall–Kier alpha value is -0.940. The fraction of sp³-hybridized carbons (Fsp3) is 1.00. The lowest BCUT2D eigenvalue weighted by molar-refractivity contribution is -0.361. The first-order valence-corrected chi connectivity index (χ1v) is 9.14. The van der Waals surface area contributed by atoms with Gasteiger partial charge in [-0.25, -0.2) is 13.1 Å². The van der Waals surface area contributed by atoms with E-state index in [1.807, 2.05) is 0 Å². The number of halogens is 11. The molecule has 0 aromatic rings. The van der Waals surface area contributed by atoms with E-state index in [4.69, 9.17) is 4.74 Å². The SMILES string of the molecule is O=S(=O)(NCCN1CCOCC1)C(F)(F)C(F)(F)C(F)(F)C(F)(F)CC(F)(F)F. The highest BCUT2D eigenvalue weighted by Gasteiger charge is 2.84. The summed E-state index contributed by atoms with van der Waals surface area (Å²) in [4.78, 5) is 1.42. The fourth-order valence-electron chi connectivity index (χ4n) is 2.20. The van der Waals surface area contributed by atoms with E-state index >= 15 is 0 Å². The van der Waals surface area contributed by atoms with Crippen LogP contribution in [0.15, 0.2) is 0 Å². The average molecular weight is 476 g/mol. The van der Waals surface area contributed by atoms with Crippen LogP contribution >= 0.6 is 0 Å². The molecule has 0 bridgehead atoms. The Morgan fingerprint density at radius 3 is 1.76 bits per heavy atom. The molecule has 0 aromatic carbocycles. The normalized spacial score (nSPS) is 18.9. The van der Waals surface area contributed by atoms with Gasteiger partial charge in [0.2, 0.25) is 0 Å². The summed E-state index contributed by atoms with van der Waals surface area (Å²) in [5.41, 5.74) is 0. The molecule has 174 valence electrons. The molecular formula is C12H15F11N2O3S. The second kappa shape index (κ2) is 8.30. The lowest BCUT2D eigenvalue weighted by Crippen LogP contribution is -2.66. The molecule has 5 nitrogen and oxygen atoms in total. The molecule has 29 heavy (non-hydrogen) atoms. The van der Waals surface area contributed by atoms with Crippen LogP contribution in [0.5, 0.6) is 0 Å². The summed E-state index contributed by atoms with van der Waals surface area (Å²) in [6.45, 7) is -0.557. The molecule has 1 heterocycles. The Kier molecular flexibility index (Phi) is 7.47. The van der Waals surface area contributed by atoms with E-state index in [0.717, 1.165) is 4.72 Å². The van der Waals surface area contributed by atoms with Crippen molar-refractivity contribution < 1.29 is 61.4 Å². The Morgan fingerprint density at radius 2 is 1.31 bits per heavy atom. The van der Waals surface area contributed by atoms with Gasteiger partial charge in [0.25, 0.3) is 10.0 Å². The molecule has 1 rings (SSSR count). The molecule has 0 saturated carbocycles. The van der Waals surface area contributed by atoms with Crippen LogP contribution in [0.4, 0.5) is 48.3 Å². The van der Waals surface area contributed by atoms with Gasteiger partial charge in [-0.1, -0.05) is 0 Å². The zero-order valence-corrected chi connectivity index (χ0v) is 15.0. The molecule has 1 saturated heterocycles. The van der Waals surface area contributed by atoms with Crippen molar-refractivity contribution >= 4 is 10.0 Å². The van der Waals surface area contributed by atoms with Crippen molar-refractivity contribution in [3.8, 4) is 0 Å². The van der Waals surface area contributed by atoms with Gasteiger partial charge in [0.05, 0.1) is 13.2 Å². The van der Waals surface area contributed by atoms with Crippen molar-refractivity contribution in [3.63, 3.8) is 0 Å². The zero-order valence-electron chi connectivity index (χ0n) is 14.2. The van der Waals surface area contributed by atoms with Gasteiger partial charge < -0.3 is 4.74 Å². The minimum absolute atomic E-state index is 0.182. The van der Waals surface area contributed by atoms with E-state index in [-0.39, 0.29) is 32.8 Å². The third kappa shape index (κ3) is 5.41. The standard InChI is InChI=1S/C12H15F11N2O3S/c13-8(14,7-9(15,16)17)10(18,19)11(20,21)12(22,23)29(26,27)24-1-2-25-3-5-28-6-4-25/h24H,1-7H2. The highest BCUT2D eigenvalue weighted by molar-refractivity contribution is 7.90. The van der Waals surface area contributed by atoms with Crippen LogP contribution in [0.25, 0.3) is 0 Å². The van der Waals surface area contributed by atoms with E-state index in [2.05, 4.69) is 0 Å². The van der Waals surface area contributed by atoms with E-state index in [1.165, 1.54) is 4.90 Å². The molecule has 0 atom stereocenters. The van der Waals surface area contributed by atoms with E-state index < -0.39 is 52.2 Å². The van der Waals surface area contributed by atoms with Gasteiger partial charge in [0, 0.05) is 26.2 Å². The summed E-state index contributed by atoms with van der Waals surface area (Å²) in [7, 11) is -6.69. The molecule has 0 radical (unpaired) electrons. The largest absolute Gasteiger partial charge is 0.427 e. The summed E-state index contributed by atoms with van der Waals surface area (Å²) in [5, 5.41) is -6.86. The second-order valence-electron chi connectivity index (χ2n) is 6.01. The van der Waals surface area contributed by atoms with Crippen molar-refractivity contribution in [2.45, 2.75) is 35.6 Å². The van der Waals surface area contributed by atoms with Crippen LogP contribution in [0, 0.1) is 0 Å². The number of sulfonamides is 1. The molecular weight excluding hydrogens is 461 g/mol. The number of nitrogens with one attached hydrogen (secondary N) is 1. The number of hydrogen-bond donors (Lipinski definition) is 1. The van der Waals surface area contributed by atoms with Crippen LogP contribution < -0.4 is 4.72 Å². The molecule has 1 fully saturated rings. The van der Waals surface area contributed by atoms with Gasteiger partial charge in [-0.2, -0.15) is 48.3 Å². The quantitative estimate of drug-likeness (QED) is 0.521. The number of alkyl halides is 11. The third-order valence-corrected chi connectivity index (χ3v) is 5.32. The lowest BCUT2D eigenvalue weighted by atomic mass is 10.0. The summed E-state index contributed by atoms with van der Waals surface area (Å²) >= 11 is 0. The van der Waals surface area contributed by atoms with Crippen molar-refractivity contribution in [3.05, 3.63) is 0 Å². The maximum atomic E-state index is 13.7. The third-order valence-electron chi connectivity index (χ3n) is 3.80. The van der Waals surface area contributed by atoms with Crippen LogP contribution in [0.2, 0.25) is 0 Å². The molecule has 0 spiro atoms. The lowest BCUT2D eigenvalue weighted by Gasteiger charge is -2.36. The van der Waals surface area contributed by atoms with Crippen LogP contribution in [-0.4, -0.2) is 81.9 Å². The van der Waals surface area contributed by atoms with Crippen molar-refractivity contribution in [2.24, 2.45) is 0 Å². The maximum absolute atomic E-state index is 13.7. The van der Waals surface area contributed by atoms with Crippen molar-refractivity contribution in [1.82, 2.24) is 9.62 Å². The highest BCUT2D eigenvalue weighted by atomic mass is 32.2. The molecule has 1 aliphatic heterocycles. The monoisotopic (exact) mass is 476 g/mol. The first-order valence-electron chi connectivity index (χ1n) is 7.66. The van der Waals surface area contributed by atoms with E-state index in [9.17, 15) is 56.7 Å². The van der Waals surface area contributed by atoms with Gasteiger partial charge >= 0.3 is 29.2 Å². The fourth-order valence-corrected chi connectivity index (χ4v) is 3.20. The summed E-state index contributed by atoms with van der Waals surface area (Å²) in [6.07, 6.45) is -10.0. The Labute approximate surface area is 157 Å². The predicted octanol–water partition coefficient (Wildman–Crippen LogP) is 2.69. The number of morpholine rings is 1. The number of hydrogen-bond acceptors (Lipinski definition) is 4. The zero-order chi connectivity index (χ0) is 22.9. The molecule has 17 heteroatoms. The topological polar surface area (TPSA) is 58.6 Å². The predicted molar refractivity (Wildman–Crippen MR) is 74.6 cm³/mol. The van der Waals surface area contributed by atoms with Gasteiger partial charge in [-0.3, -0.25) is 4.90 Å². The van der Waals surface area contributed by atoms with Crippen LogP contribution in [0.3, 0.4) is 0 Å². The first kappa shape index (κ1) is 26.1. The smallest absolute Gasteiger partial charge is 0.379 e. The summed E-state index contributed by atoms with van der Waals surface area (Å²) < 4.78 is 172. The van der Waals surface area contributed by atoms with E-state index in [0.29, 0.717) is 0 Å². The summed E-state index contributed by atoms with van der Waals surface area (Å²) in [6, 6.07) is 0. The van der Waals surface area contributed by atoms with Crippen molar-refractivity contribution in [2.75, 3.05) is 39.4 Å². The Bertz CT molecular complexity index is 660. The van der Waals surface area contributed by atoms with Gasteiger partial charge in [0.15, 0.2) is 0 Å². The molecule has 0 amide bonds. The molecule has 1 N–H and O–H groups in total. The van der Waals surface area contributed by atoms with Crippen molar-refractivity contribution in [1.29, 1.82) is 0 Å². The highest BCUT2D eigenvalue weighted by Crippen LogP contribution is 2.56. The number of ether oxygens (including phenoxy) is 1. The van der Waals surface area contributed by atoms with Crippen LogP contribution in [0.1, 0.15) is 6.42 Å². The minimum Gasteiger partial charge on any atom is -0.379 e. The van der Waals surface area contributed by atoms with Crippen LogP contribution in [-0.2, 0) is 14.8 Å². The number of nitrogens with zero attached hydrogens (tertiary/aromatic N) is 1. The Balaban J connectivity index is 3.02. The molecule has 0 aliphatic carbocycles. The number of rotatable bonds is 9. The van der Waals surface area contributed by atoms with Gasteiger partial charge in [-0.05, 0) is 0 Å². The first-order chi connectivity index (χ1) is 12.8. The van der Waals surface area contributed by atoms with Gasteiger partial charge in [-0.15, -0.1) is 0 Å². The molecule has 0 aromatic heterocycles. The minimum atomic E-state index is -7.38. The molecule has 1 aliphatic rings. The average Bonchev–Trinajstić information content (AvgIpc) is 2.52. The summed E-state index contributed by atoms with van der Waals surface area (Å²) in [5.74, 6) is -21.4. The van der Waals surface area contributed by atoms with E-state index in [1.54, 1.807) is 0 Å². The second-order valence-corrected chi connectivity index (χ2v) is 7.82. The Morgan fingerprint density at radius 1 is 0.828 bits per heavy atom. The molecule has 0 unspecified atom stereocenters. The maximum Gasteiger partial charge on any atom is 0.427 e. The van der Waals surface area contributed by atoms with Gasteiger partial charge in [0.1, 0.15) is 6.42 Å².